The molecule has 0 aliphatic carbocycles. The van der Waals surface area contributed by atoms with E-state index in [2.05, 4.69) is 33.6 Å². The molecule has 0 aliphatic rings. The fraction of sp³-hybridized carbons (Fsp3) is 1.00. The van der Waals surface area contributed by atoms with Gasteiger partial charge in [0, 0.05) is 24.9 Å². The predicted octanol–water partition coefficient (Wildman–Crippen LogP) is 2.79. The van der Waals surface area contributed by atoms with E-state index in [1.807, 2.05) is 0 Å². The standard InChI is InChI=1S/C8H16N2S2/c11-9-7-5-3-1-2-4-6-8-10-12/h1-8H2. The third-order valence-corrected chi connectivity index (χ3v) is 2.11. The van der Waals surface area contributed by atoms with Gasteiger partial charge in [0.1, 0.15) is 0 Å². The summed E-state index contributed by atoms with van der Waals surface area (Å²) < 4.78 is 7.27. The number of nitrogens with zero attached hydrogens (tertiary/aromatic N) is 2. The molecule has 0 amide bonds. The van der Waals surface area contributed by atoms with Crippen molar-refractivity contribution in [1.82, 2.24) is 0 Å². The van der Waals surface area contributed by atoms with Crippen LogP contribution in [0.3, 0.4) is 0 Å². The maximum Gasteiger partial charge on any atom is 0.0521 e. The van der Waals surface area contributed by atoms with Crippen LogP contribution in [0.4, 0.5) is 0 Å². The molecule has 0 aromatic rings. The Bertz CT molecular complexity index is 104. The van der Waals surface area contributed by atoms with E-state index in [1.54, 1.807) is 0 Å². The molecule has 4 heteroatoms. The van der Waals surface area contributed by atoms with Crippen molar-refractivity contribution < 1.29 is 0 Å². The summed E-state index contributed by atoms with van der Waals surface area (Å²) in [6.45, 7) is 1.69. The van der Waals surface area contributed by atoms with Crippen molar-refractivity contribution in [2.45, 2.75) is 38.5 Å². The summed E-state index contributed by atoms with van der Waals surface area (Å²) in [7, 11) is 0. The van der Waals surface area contributed by atoms with Gasteiger partial charge in [-0.3, -0.25) is 0 Å². The molecule has 0 saturated heterocycles. The van der Waals surface area contributed by atoms with E-state index in [4.69, 9.17) is 0 Å². The van der Waals surface area contributed by atoms with Crippen molar-refractivity contribution in [1.29, 1.82) is 0 Å². The van der Waals surface area contributed by atoms with E-state index in [9.17, 15) is 0 Å². The lowest BCUT2D eigenvalue weighted by Crippen LogP contribution is -1.84. The van der Waals surface area contributed by atoms with Crippen LogP contribution in [-0.2, 0) is 24.9 Å². The van der Waals surface area contributed by atoms with Gasteiger partial charge in [-0.2, -0.15) is 0 Å². The van der Waals surface area contributed by atoms with Crippen molar-refractivity contribution in [2.24, 2.45) is 8.73 Å². The van der Waals surface area contributed by atoms with Gasteiger partial charge in [0.15, 0.2) is 0 Å². The van der Waals surface area contributed by atoms with Gasteiger partial charge in [0.2, 0.25) is 0 Å². The molecule has 0 atom stereocenters. The summed E-state index contributed by atoms with van der Waals surface area (Å²) in [5, 5.41) is 0. The molecule has 70 valence electrons. The van der Waals surface area contributed by atoms with Crippen LogP contribution in [0.1, 0.15) is 38.5 Å². The molecule has 2 nitrogen and oxygen atoms in total. The number of rotatable bonds is 9. The minimum atomic E-state index is 0.844. The Balaban J connectivity index is 2.81. The quantitative estimate of drug-likeness (QED) is 0.539. The van der Waals surface area contributed by atoms with Gasteiger partial charge in [-0.15, -0.1) is 0 Å². The van der Waals surface area contributed by atoms with Crippen molar-refractivity contribution in [3.63, 3.8) is 0 Å². The first-order valence-corrected chi connectivity index (χ1v) is 5.23. The second-order valence-corrected chi connectivity index (χ2v) is 3.34. The average Bonchev–Trinajstić information content (AvgIpc) is 2.10. The molecule has 12 heavy (non-hydrogen) atoms. The number of unbranched alkanes of at least 4 members (excludes halogenated alkanes) is 5. The molecule has 0 unspecified atom stereocenters. The molecular formula is C8H16N2S2. The first-order chi connectivity index (χ1) is 5.91. The lowest BCUT2D eigenvalue weighted by atomic mass is 10.1. The lowest BCUT2D eigenvalue weighted by Gasteiger charge is -1.97. The van der Waals surface area contributed by atoms with Gasteiger partial charge in [-0.05, 0) is 12.8 Å². The first kappa shape index (κ1) is 12.0. The van der Waals surface area contributed by atoms with Gasteiger partial charge in [0.05, 0.1) is 13.1 Å². The zero-order valence-electron chi connectivity index (χ0n) is 7.37. The SMILES string of the molecule is S=NCCCCCCCCN=S. The summed E-state index contributed by atoms with van der Waals surface area (Å²) in [6.07, 6.45) is 7.39. The maximum absolute atomic E-state index is 4.49. The second-order valence-electron chi connectivity index (χ2n) is 2.83. The van der Waals surface area contributed by atoms with E-state index >= 15 is 0 Å². The highest BCUT2D eigenvalue weighted by molar-refractivity contribution is 7.47. The summed E-state index contributed by atoms with van der Waals surface area (Å²) in [5.74, 6) is 0. The van der Waals surface area contributed by atoms with Crippen molar-refractivity contribution in [3.8, 4) is 0 Å². The molecule has 0 spiro atoms. The molecule has 0 saturated carbocycles. The Morgan fingerprint density at radius 1 is 0.583 bits per heavy atom. The Kier molecular flexibility index (Phi) is 11.1. The minimum absolute atomic E-state index is 0.844. The second kappa shape index (κ2) is 11.0. The largest absolute Gasteiger partial charge is 0.220 e. The molecule has 0 aromatic heterocycles. The van der Waals surface area contributed by atoms with Gasteiger partial charge in [-0.25, -0.2) is 8.73 Å². The monoisotopic (exact) mass is 204 g/mol. The van der Waals surface area contributed by atoms with Crippen LogP contribution in [0, 0.1) is 0 Å². The lowest BCUT2D eigenvalue weighted by molar-refractivity contribution is 0.604. The maximum atomic E-state index is 4.49. The summed E-state index contributed by atoms with van der Waals surface area (Å²) in [5.41, 5.74) is 0. The normalized spacial score (nSPS) is 9.67. The fourth-order valence-corrected chi connectivity index (χ4v) is 1.32. The molecule has 0 aromatic carbocycles. The average molecular weight is 204 g/mol. The van der Waals surface area contributed by atoms with Crippen molar-refractivity contribution >= 4 is 24.9 Å². The van der Waals surface area contributed by atoms with Crippen LogP contribution in [-0.4, -0.2) is 13.1 Å². The van der Waals surface area contributed by atoms with Gasteiger partial charge in [-0.1, -0.05) is 25.7 Å². The molecule has 0 bridgehead atoms. The third-order valence-electron chi connectivity index (χ3n) is 1.75. The summed E-state index contributed by atoms with van der Waals surface area (Å²) >= 11 is 8.98. The van der Waals surface area contributed by atoms with E-state index < -0.39 is 0 Å². The Morgan fingerprint density at radius 2 is 0.917 bits per heavy atom. The van der Waals surface area contributed by atoms with Crippen LogP contribution in [0.15, 0.2) is 8.73 Å². The van der Waals surface area contributed by atoms with E-state index in [-0.39, 0.29) is 0 Å². The molecule has 0 heterocycles. The zero-order chi connectivity index (χ0) is 9.07. The molecular weight excluding hydrogens is 188 g/mol. The Morgan fingerprint density at radius 3 is 1.25 bits per heavy atom. The molecule has 0 rings (SSSR count). The van der Waals surface area contributed by atoms with Crippen molar-refractivity contribution in [3.05, 3.63) is 0 Å². The summed E-state index contributed by atoms with van der Waals surface area (Å²) in [6, 6.07) is 0. The first-order valence-electron chi connectivity index (χ1n) is 4.50. The van der Waals surface area contributed by atoms with E-state index in [1.165, 1.54) is 25.7 Å². The number of hydrogen-bond donors (Lipinski definition) is 0. The van der Waals surface area contributed by atoms with Crippen molar-refractivity contribution in [2.75, 3.05) is 13.1 Å². The predicted molar refractivity (Wildman–Crippen MR) is 57.0 cm³/mol. The van der Waals surface area contributed by atoms with Gasteiger partial charge in [0.25, 0.3) is 0 Å². The molecule has 0 N–H and O–H groups in total. The Labute approximate surface area is 85.5 Å². The molecule has 0 radical (unpaired) electrons. The summed E-state index contributed by atoms with van der Waals surface area (Å²) in [4.78, 5) is 0. The number of hydrogen-bond acceptors (Lipinski definition) is 4. The van der Waals surface area contributed by atoms with Gasteiger partial charge < -0.3 is 0 Å². The van der Waals surface area contributed by atoms with E-state index in [0.29, 0.717) is 0 Å². The van der Waals surface area contributed by atoms with Crippen LogP contribution in [0.2, 0.25) is 0 Å². The zero-order valence-corrected chi connectivity index (χ0v) is 9.00. The van der Waals surface area contributed by atoms with Crippen LogP contribution in [0.25, 0.3) is 0 Å². The highest BCUT2D eigenvalue weighted by atomic mass is 32.1. The highest BCUT2D eigenvalue weighted by Crippen LogP contribution is 2.05. The van der Waals surface area contributed by atoms with Crippen LogP contribution < -0.4 is 0 Å². The molecule has 0 aliphatic heterocycles. The topological polar surface area (TPSA) is 24.7 Å². The fourth-order valence-electron chi connectivity index (χ4n) is 1.06. The smallest absolute Gasteiger partial charge is 0.0521 e. The van der Waals surface area contributed by atoms with Crippen LogP contribution in [0.5, 0.6) is 0 Å². The van der Waals surface area contributed by atoms with Crippen LogP contribution >= 0.6 is 0 Å². The third kappa shape index (κ3) is 10.0. The van der Waals surface area contributed by atoms with E-state index in [0.717, 1.165) is 25.9 Å². The highest BCUT2D eigenvalue weighted by Gasteiger charge is 1.89. The molecule has 0 fully saturated rings. The minimum Gasteiger partial charge on any atom is -0.220 e. The Hall–Kier alpha value is 0.0400. The van der Waals surface area contributed by atoms with Gasteiger partial charge >= 0.3 is 0 Å².